The lowest BCUT2D eigenvalue weighted by atomic mass is 9.89. The topological polar surface area (TPSA) is 20.2 Å². The molecule has 3 heteroatoms. The highest BCUT2D eigenvalue weighted by molar-refractivity contribution is 5.22. The van der Waals surface area contributed by atoms with Gasteiger partial charge < -0.3 is 5.11 Å². The van der Waals surface area contributed by atoms with Crippen LogP contribution in [0.25, 0.3) is 0 Å². The Kier molecular flexibility index (Phi) is 4.11. The van der Waals surface area contributed by atoms with Crippen molar-refractivity contribution in [1.82, 2.24) is 0 Å². The zero-order chi connectivity index (χ0) is 12.3. The number of aliphatic hydroxyl groups is 1. The van der Waals surface area contributed by atoms with Crippen LogP contribution >= 0.6 is 0 Å². The molecule has 1 fully saturated rings. The molecule has 1 aliphatic carbocycles. The standard InChI is InChI=1S/C14H18F2O/c15-11-8-5-9-12(16)13(11)14(17)10-6-3-1-2-4-7-10/h5,8-10,14,17H,1-4,6-7H2. The first-order chi connectivity index (χ1) is 8.20. The van der Waals surface area contributed by atoms with E-state index in [9.17, 15) is 13.9 Å². The van der Waals surface area contributed by atoms with Gasteiger partial charge in [0.1, 0.15) is 11.6 Å². The molecular weight excluding hydrogens is 222 g/mol. The van der Waals surface area contributed by atoms with Crippen LogP contribution in [0, 0.1) is 17.6 Å². The Morgan fingerprint density at radius 1 is 1.00 bits per heavy atom. The summed E-state index contributed by atoms with van der Waals surface area (Å²) in [4.78, 5) is 0. The van der Waals surface area contributed by atoms with Gasteiger partial charge in [-0.1, -0.05) is 31.7 Å². The summed E-state index contributed by atoms with van der Waals surface area (Å²) in [6.45, 7) is 0. The zero-order valence-corrected chi connectivity index (χ0v) is 9.83. The SMILES string of the molecule is OC(c1c(F)cccc1F)C1CCCCCC1. The molecule has 0 spiro atoms. The molecule has 1 aliphatic rings. The lowest BCUT2D eigenvalue weighted by Crippen LogP contribution is -2.15. The summed E-state index contributed by atoms with van der Waals surface area (Å²) >= 11 is 0. The van der Waals surface area contributed by atoms with E-state index in [2.05, 4.69) is 0 Å². The molecular formula is C14H18F2O. The third kappa shape index (κ3) is 2.83. The van der Waals surface area contributed by atoms with Crippen LogP contribution < -0.4 is 0 Å². The number of hydrogen-bond acceptors (Lipinski definition) is 1. The van der Waals surface area contributed by atoms with E-state index in [0.717, 1.165) is 38.5 Å². The van der Waals surface area contributed by atoms with Crippen molar-refractivity contribution in [2.24, 2.45) is 5.92 Å². The zero-order valence-electron chi connectivity index (χ0n) is 9.83. The maximum atomic E-state index is 13.6. The normalized spacial score (nSPS) is 19.9. The van der Waals surface area contributed by atoms with Gasteiger partial charge in [0, 0.05) is 0 Å². The first-order valence-corrected chi connectivity index (χ1v) is 6.32. The van der Waals surface area contributed by atoms with E-state index in [0.29, 0.717) is 0 Å². The second-order valence-corrected chi connectivity index (χ2v) is 4.83. The molecule has 1 saturated carbocycles. The second kappa shape index (κ2) is 5.58. The molecule has 1 aromatic carbocycles. The Labute approximate surface area is 100 Å². The number of rotatable bonds is 2. The highest BCUT2D eigenvalue weighted by Gasteiger charge is 2.26. The van der Waals surface area contributed by atoms with E-state index >= 15 is 0 Å². The van der Waals surface area contributed by atoms with E-state index in [1.807, 2.05) is 0 Å². The molecule has 0 aliphatic heterocycles. The van der Waals surface area contributed by atoms with Gasteiger partial charge in [0.25, 0.3) is 0 Å². The van der Waals surface area contributed by atoms with E-state index in [1.54, 1.807) is 0 Å². The number of hydrogen-bond donors (Lipinski definition) is 1. The van der Waals surface area contributed by atoms with Gasteiger partial charge in [0.05, 0.1) is 11.7 Å². The molecule has 0 saturated heterocycles. The third-order valence-corrected chi connectivity index (χ3v) is 3.64. The molecule has 1 unspecified atom stereocenters. The number of benzene rings is 1. The van der Waals surface area contributed by atoms with Gasteiger partial charge in [-0.3, -0.25) is 0 Å². The molecule has 2 rings (SSSR count). The first kappa shape index (κ1) is 12.5. The van der Waals surface area contributed by atoms with E-state index in [1.165, 1.54) is 18.2 Å². The van der Waals surface area contributed by atoms with E-state index < -0.39 is 17.7 Å². The summed E-state index contributed by atoms with van der Waals surface area (Å²) < 4.78 is 27.1. The fraction of sp³-hybridized carbons (Fsp3) is 0.571. The van der Waals surface area contributed by atoms with Gasteiger partial charge in [-0.05, 0) is 30.9 Å². The minimum atomic E-state index is -1.01. The van der Waals surface area contributed by atoms with Crippen molar-refractivity contribution < 1.29 is 13.9 Å². The summed E-state index contributed by atoms with van der Waals surface area (Å²) in [5.41, 5.74) is -0.153. The van der Waals surface area contributed by atoms with Crippen molar-refractivity contribution in [2.45, 2.75) is 44.6 Å². The fourth-order valence-electron chi connectivity index (χ4n) is 2.66. The predicted octanol–water partition coefficient (Wildman–Crippen LogP) is 3.97. The van der Waals surface area contributed by atoms with Gasteiger partial charge >= 0.3 is 0 Å². The summed E-state index contributed by atoms with van der Waals surface area (Å²) in [5.74, 6) is -1.28. The molecule has 94 valence electrons. The molecule has 0 bridgehead atoms. The van der Waals surface area contributed by atoms with Crippen molar-refractivity contribution in [1.29, 1.82) is 0 Å². The molecule has 0 radical (unpaired) electrons. The largest absolute Gasteiger partial charge is 0.388 e. The van der Waals surface area contributed by atoms with Gasteiger partial charge in [0.2, 0.25) is 0 Å². The van der Waals surface area contributed by atoms with Crippen molar-refractivity contribution >= 4 is 0 Å². The van der Waals surface area contributed by atoms with Gasteiger partial charge in [-0.25, -0.2) is 8.78 Å². The lowest BCUT2D eigenvalue weighted by Gasteiger charge is -2.22. The first-order valence-electron chi connectivity index (χ1n) is 6.32. The average molecular weight is 240 g/mol. The van der Waals surface area contributed by atoms with Crippen molar-refractivity contribution in [2.75, 3.05) is 0 Å². The highest BCUT2D eigenvalue weighted by atomic mass is 19.1. The van der Waals surface area contributed by atoms with Crippen molar-refractivity contribution in [3.8, 4) is 0 Å². The van der Waals surface area contributed by atoms with Crippen LogP contribution in [0.4, 0.5) is 8.78 Å². The monoisotopic (exact) mass is 240 g/mol. The fourth-order valence-corrected chi connectivity index (χ4v) is 2.66. The Morgan fingerprint density at radius 3 is 2.06 bits per heavy atom. The van der Waals surface area contributed by atoms with Crippen LogP contribution in [-0.2, 0) is 0 Å². The summed E-state index contributed by atoms with van der Waals surface area (Å²) in [7, 11) is 0. The van der Waals surface area contributed by atoms with Crippen LogP contribution in [0.1, 0.15) is 50.2 Å². The van der Waals surface area contributed by atoms with E-state index in [4.69, 9.17) is 0 Å². The average Bonchev–Trinajstić information content (AvgIpc) is 2.57. The van der Waals surface area contributed by atoms with Crippen LogP contribution in [0.15, 0.2) is 18.2 Å². The predicted molar refractivity (Wildman–Crippen MR) is 62.5 cm³/mol. The number of aliphatic hydroxyl groups excluding tert-OH is 1. The second-order valence-electron chi connectivity index (χ2n) is 4.83. The van der Waals surface area contributed by atoms with Crippen LogP contribution in [0.5, 0.6) is 0 Å². The molecule has 1 aromatic rings. The minimum absolute atomic E-state index is 0.0103. The summed E-state index contributed by atoms with van der Waals surface area (Å²) in [5, 5.41) is 10.2. The van der Waals surface area contributed by atoms with Crippen LogP contribution in [0.2, 0.25) is 0 Å². The van der Waals surface area contributed by atoms with Gasteiger partial charge in [-0.2, -0.15) is 0 Å². The molecule has 1 nitrogen and oxygen atoms in total. The van der Waals surface area contributed by atoms with Crippen LogP contribution in [-0.4, -0.2) is 5.11 Å². The van der Waals surface area contributed by atoms with Crippen LogP contribution in [0.3, 0.4) is 0 Å². The lowest BCUT2D eigenvalue weighted by molar-refractivity contribution is 0.0914. The third-order valence-electron chi connectivity index (χ3n) is 3.64. The Hall–Kier alpha value is -0.960. The Morgan fingerprint density at radius 2 is 1.53 bits per heavy atom. The van der Waals surface area contributed by atoms with Gasteiger partial charge in [0.15, 0.2) is 0 Å². The molecule has 1 N–H and O–H groups in total. The molecule has 0 aromatic heterocycles. The summed E-state index contributed by atoms with van der Waals surface area (Å²) in [6.07, 6.45) is 5.10. The molecule has 1 atom stereocenters. The highest BCUT2D eigenvalue weighted by Crippen LogP contribution is 2.35. The number of halogens is 2. The minimum Gasteiger partial charge on any atom is -0.388 e. The smallest absolute Gasteiger partial charge is 0.131 e. The maximum Gasteiger partial charge on any atom is 0.131 e. The quantitative estimate of drug-likeness (QED) is 0.775. The Balaban J connectivity index is 2.20. The van der Waals surface area contributed by atoms with Gasteiger partial charge in [-0.15, -0.1) is 0 Å². The molecule has 0 heterocycles. The summed E-state index contributed by atoms with van der Waals surface area (Å²) in [6, 6.07) is 3.74. The maximum absolute atomic E-state index is 13.6. The van der Waals surface area contributed by atoms with E-state index in [-0.39, 0.29) is 11.5 Å². The molecule has 17 heavy (non-hydrogen) atoms. The Bertz CT molecular complexity index is 350. The molecule has 0 amide bonds. The van der Waals surface area contributed by atoms with Crippen molar-refractivity contribution in [3.05, 3.63) is 35.4 Å². The van der Waals surface area contributed by atoms with Crippen molar-refractivity contribution in [3.63, 3.8) is 0 Å².